The molecule has 0 amide bonds. The third-order valence-electron chi connectivity index (χ3n) is 3.96. The summed E-state index contributed by atoms with van der Waals surface area (Å²) in [7, 11) is -4.29. The van der Waals surface area contributed by atoms with Crippen LogP contribution in [0.25, 0.3) is 0 Å². The Balaban J connectivity index is 2.13. The van der Waals surface area contributed by atoms with Crippen molar-refractivity contribution in [1.29, 1.82) is 0 Å². The summed E-state index contributed by atoms with van der Waals surface area (Å²) in [5.74, 6) is 0.369. The van der Waals surface area contributed by atoms with E-state index in [0.717, 1.165) is 0 Å². The highest BCUT2D eigenvalue weighted by Gasteiger charge is 2.45. The molecule has 1 aromatic carbocycles. The topological polar surface area (TPSA) is 149 Å². The number of aliphatic hydroxyl groups excluding tert-OH is 3. The molecule has 0 saturated carbocycles. The largest absolute Gasteiger partial charge is 0.462 e. The summed E-state index contributed by atoms with van der Waals surface area (Å²) in [5, 5.41) is 30.0. The molecule has 0 spiro atoms. The van der Waals surface area contributed by atoms with Gasteiger partial charge in [0.05, 0.1) is 18.0 Å². The predicted molar refractivity (Wildman–Crippen MR) is 89.2 cm³/mol. The van der Waals surface area contributed by atoms with Gasteiger partial charge in [0, 0.05) is 0 Å². The Morgan fingerprint density at radius 3 is 2.48 bits per heavy atom. The molecule has 1 aliphatic heterocycles. The maximum Gasteiger partial charge on any atom is 0.325 e. The fraction of sp³-hybridized carbons (Fsp3) is 0.533. The second kappa shape index (κ2) is 7.92. The van der Waals surface area contributed by atoms with Crippen molar-refractivity contribution in [3.8, 4) is 5.75 Å². The minimum absolute atomic E-state index is 0.201. The molecule has 25 heavy (non-hydrogen) atoms. The van der Waals surface area contributed by atoms with E-state index < -0.39 is 44.5 Å². The summed E-state index contributed by atoms with van der Waals surface area (Å²) in [6.45, 7) is 5.16. The molecule has 5 atom stereocenters. The van der Waals surface area contributed by atoms with Crippen molar-refractivity contribution in [3.63, 3.8) is 0 Å². The summed E-state index contributed by atoms with van der Waals surface area (Å²) in [4.78, 5) is 21.7. The molecule has 2 rings (SSSR count). The van der Waals surface area contributed by atoms with E-state index in [2.05, 4.69) is 11.7 Å². The second-order valence-corrected chi connectivity index (χ2v) is 7.69. The summed E-state index contributed by atoms with van der Waals surface area (Å²) in [5.41, 5.74) is 1.32. The van der Waals surface area contributed by atoms with Crippen LogP contribution in [0.3, 0.4) is 0 Å². The lowest BCUT2D eigenvalue weighted by atomic mass is 9.97. The van der Waals surface area contributed by atoms with E-state index in [9.17, 15) is 19.9 Å². The first-order valence-corrected chi connectivity index (χ1v) is 9.40. The maximum absolute atomic E-state index is 11.0. The number of ether oxygens (including phenoxy) is 2. The number of aliphatic hydroxyl groups is 3. The van der Waals surface area contributed by atoms with Gasteiger partial charge in [0.25, 0.3) is 0 Å². The van der Waals surface area contributed by atoms with Crippen LogP contribution in [0.2, 0.25) is 0 Å². The zero-order chi connectivity index (χ0) is 18.8. The van der Waals surface area contributed by atoms with E-state index >= 15 is 0 Å². The van der Waals surface area contributed by atoms with Crippen molar-refractivity contribution in [3.05, 3.63) is 23.8 Å². The fourth-order valence-electron chi connectivity index (χ4n) is 2.54. The number of aryl methyl sites for hydroxylation is 1. The van der Waals surface area contributed by atoms with Gasteiger partial charge in [-0.3, -0.25) is 9.56 Å². The molecule has 5 unspecified atom stereocenters. The highest BCUT2D eigenvalue weighted by Crippen LogP contribution is 2.37. The minimum atomic E-state index is -4.29. The van der Waals surface area contributed by atoms with Gasteiger partial charge in [0.2, 0.25) is 6.29 Å². The number of aliphatic imine (C=N–C) groups is 1. The van der Waals surface area contributed by atoms with Gasteiger partial charge in [-0.05, 0) is 43.8 Å². The van der Waals surface area contributed by atoms with E-state index in [1.165, 1.54) is 0 Å². The Kier molecular flexibility index (Phi) is 6.34. The summed E-state index contributed by atoms with van der Waals surface area (Å²) in [6.07, 6.45) is -7.72. The van der Waals surface area contributed by atoms with Gasteiger partial charge in [-0.2, -0.15) is 0 Å². The maximum atomic E-state index is 11.0. The Labute approximate surface area is 144 Å². The molecule has 10 heteroatoms. The summed E-state index contributed by atoms with van der Waals surface area (Å²) < 4.78 is 22.0. The highest BCUT2D eigenvalue weighted by atomic mass is 31.2. The molecule has 5 N–H and O–H groups in total. The zero-order valence-corrected chi connectivity index (χ0v) is 14.5. The number of hydrogen-bond donors (Lipinski definition) is 5. The van der Waals surface area contributed by atoms with Crippen molar-refractivity contribution in [1.82, 2.24) is 0 Å². The highest BCUT2D eigenvalue weighted by molar-refractivity contribution is 7.51. The molecule has 140 valence electrons. The van der Waals surface area contributed by atoms with Crippen molar-refractivity contribution >= 4 is 20.0 Å². The van der Waals surface area contributed by atoms with Crippen molar-refractivity contribution in [2.75, 3.05) is 6.16 Å². The SMILES string of the molecule is C=Nc1ccc(OC2OC(CCP(=O)(O)O)C(O)C(O)C2O)c(C)c1. The Morgan fingerprint density at radius 2 is 1.92 bits per heavy atom. The first-order valence-electron chi connectivity index (χ1n) is 7.60. The third-order valence-corrected chi connectivity index (χ3v) is 4.80. The van der Waals surface area contributed by atoms with Gasteiger partial charge in [-0.1, -0.05) is 0 Å². The molecular weight excluding hydrogens is 353 g/mol. The zero-order valence-electron chi connectivity index (χ0n) is 13.6. The van der Waals surface area contributed by atoms with E-state index in [0.29, 0.717) is 17.0 Å². The van der Waals surface area contributed by atoms with E-state index in [1.54, 1.807) is 25.1 Å². The Bertz CT molecular complexity index is 663. The number of benzene rings is 1. The van der Waals surface area contributed by atoms with Gasteiger partial charge in [-0.25, -0.2) is 0 Å². The van der Waals surface area contributed by atoms with Crippen LogP contribution in [0.5, 0.6) is 5.75 Å². The average molecular weight is 375 g/mol. The molecule has 0 radical (unpaired) electrons. The van der Waals surface area contributed by atoms with Crippen LogP contribution in [0, 0.1) is 6.92 Å². The van der Waals surface area contributed by atoms with Crippen molar-refractivity contribution in [2.24, 2.45) is 4.99 Å². The van der Waals surface area contributed by atoms with Crippen LogP contribution in [-0.2, 0) is 9.30 Å². The molecule has 1 heterocycles. The molecule has 1 aliphatic rings. The monoisotopic (exact) mass is 375 g/mol. The average Bonchev–Trinajstić information content (AvgIpc) is 2.54. The molecule has 1 saturated heterocycles. The van der Waals surface area contributed by atoms with Gasteiger partial charge in [0.15, 0.2) is 0 Å². The number of nitrogens with zero attached hydrogens (tertiary/aromatic N) is 1. The molecule has 1 fully saturated rings. The van der Waals surface area contributed by atoms with Gasteiger partial charge in [-0.15, -0.1) is 0 Å². The quantitative estimate of drug-likeness (QED) is 0.347. The summed E-state index contributed by atoms with van der Waals surface area (Å²) >= 11 is 0. The lowest BCUT2D eigenvalue weighted by molar-refractivity contribution is -0.272. The van der Waals surface area contributed by atoms with Gasteiger partial charge < -0.3 is 34.6 Å². The Hall–Kier alpha value is -1.32. The van der Waals surface area contributed by atoms with Crippen LogP contribution in [0.15, 0.2) is 23.2 Å². The molecule has 0 aliphatic carbocycles. The molecule has 1 aromatic rings. The third kappa shape index (κ3) is 5.08. The van der Waals surface area contributed by atoms with Crippen LogP contribution in [-0.4, -0.2) is 68.7 Å². The lowest BCUT2D eigenvalue weighted by Gasteiger charge is -2.40. The van der Waals surface area contributed by atoms with Crippen molar-refractivity contribution < 1.29 is 39.1 Å². The molecule has 0 bridgehead atoms. The van der Waals surface area contributed by atoms with Gasteiger partial charge in [0.1, 0.15) is 24.1 Å². The Morgan fingerprint density at radius 1 is 1.24 bits per heavy atom. The fourth-order valence-corrected chi connectivity index (χ4v) is 3.13. The van der Waals surface area contributed by atoms with Crippen molar-refractivity contribution in [2.45, 2.75) is 44.1 Å². The van der Waals surface area contributed by atoms with Crippen LogP contribution < -0.4 is 4.74 Å². The molecule has 9 nitrogen and oxygen atoms in total. The lowest BCUT2D eigenvalue weighted by Crippen LogP contribution is -2.59. The number of rotatable bonds is 6. The minimum Gasteiger partial charge on any atom is -0.462 e. The standard InChI is InChI=1S/C15H22NO8P/c1-8-7-9(16-2)3-4-10(8)23-15-14(19)13(18)12(17)11(24-15)5-6-25(20,21)22/h3-4,7,11-15,17-19H,2,5-6H2,1H3,(H2,20,21,22). The molecular formula is C15H22NO8P. The molecule has 0 aromatic heterocycles. The second-order valence-electron chi connectivity index (χ2n) is 5.92. The van der Waals surface area contributed by atoms with E-state index in [-0.39, 0.29) is 6.42 Å². The van der Waals surface area contributed by atoms with Gasteiger partial charge >= 0.3 is 7.60 Å². The van der Waals surface area contributed by atoms with Crippen LogP contribution in [0.1, 0.15) is 12.0 Å². The first-order chi connectivity index (χ1) is 11.6. The summed E-state index contributed by atoms with van der Waals surface area (Å²) in [6, 6.07) is 4.94. The van der Waals surface area contributed by atoms with Crippen LogP contribution in [0.4, 0.5) is 5.69 Å². The first kappa shape index (κ1) is 20.0. The van der Waals surface area contributed by atoms with E-state index in [4.69, 9.17) is 19.3 Å². The smallest absolute Gasteiger partial charge is 0.325 e. The predicted octanol–water partition coefficient (Wildman–Crippen LogP) is 0.0813. The normalized spacial score (nSPS) is 30.1. The van der Waals surface area contributed by atoms with E-state index in [1.807, 2.05) is 0 Å². The van der Waals surface area contributed by atoms with Crippen LogP contribution >= 0.6 is 7.60 Å². The number of hydrogen-bond acceptors (Lipinski definition) is 7.